The molecule has 1 saturated heterocycles. The summed E-state index contributed by atoms with van der Waals surface area (Å²) in [6.45, 7) is 2.37. The number of nitrogens with zero attached hydrogens (tertiary/aromatic N) is 7. The lowest BCUT2D eigenvalue weighted by Gasteiger charge is -2.35. The number of urea groups is 1. The molecule has 0 atom stereocenters. The highest BCUT2D eigenvalue weighted by Gasteiger charge is 2.30. The Bertz CT molecular complexity index is 1340. The number of nitrogens with one attached hydrogen (secondary N) is 1. The number of halogens is 3. The zero-order valence-corrected chi connectivity index (χ0v) is 18.9. The fraction of sp³-hybridized carbons (Fsp3) is 0.304. The maximum Gasteiger partial charge on any atom is 0.416 e. The number of rotatable bonds is 4. The van der Waals surface area contributed by atoms with E-state index in [0.717, 1.165) is 34.7 Å². The van der Waals surface area contributed by atoms with Crippen LogP contribution < -0.4 is 10.2 Å². The van der Waals surface area contributed by atoms with Crippen LogP contribution in [0.5, 0.6) is 0 Å². The number of amides is 2. The number of alkyl halides is 3. The molecule has 1 aromatic carbocycles. The number of aryl methyl sites for hydroxylation is 1. The predicted molar refractivity (Wildman–Crippen MR) is 123 cm³/mol. The summed E-state index contributed by atoms with van der Waals surface area (Å²) in [6.07, 6.45) is 2.87. The molecular weight excluding hydrogens is 461 g/mol. The van der Waals surface area contributed by atoms with E-state index in [4.69, 9.17) is 0 Å². The summed E-state index contributed by atoms with van der Waals surface area (Å²) >= 11 is 0. The zero-order chi connectivity index (χ0) is 24.6. The number of hydrogen-bond acceptors (Lipinski definition) is 5. The minimum Gasteiger partial charge on any atom is -0.352 e. The number of fused-ring (bicyclic) bond motifs is 1. The molecular formula is C23H23F3N8O. The van der Waals surface area contributed by atoms with Crippen molar-refractivity contribution < 1.29 is 18.0 Å². The summed E-state index contributed by atoms with van der Waals surface area (Å²) in [5, 5.41) is 11.5. The van der Waals surface area contributed by atoms with Gasteiger partial charge in [-0.1, -0.05) is 12.1 Å². The van der Waals surface area contributed by atoms with E-state index in [0.29, 0.717) is 31.7 Å². The third-order valence-electron chi connectivity index (χ3n) is 6.00. The van der Waals surface area contributed by atoms with Crippen molar-refractivity contribution in [2.24, 2.45) is 7.05 Å². The number of carbonyl (C=O) groups excluding carboxylic acids is 1. The molecule has 2 amide bonds. The largest absolute Gasteiger partial charge is 0.416 e. The van der Waals surface area contributed by atoms with E-state index in [1.54, 1.807) is 32.7 Å². The van der Waals surface area contributed by atoms with Gasteiger partial charge in [-0.15, -0.1) is 0 Å². The van der Waals surface area contributed by atoms with Gasteiger partial charge in [0, 0.05) is 57.1 Å². The van der Waals surface area contributed by atoms with E-state index >= 15 is 0 Å². The first-order chi connectivity index (χ1) is 16.8. The van der Waals surface area contributed by atoms with Gasteiger partial charge in [0.2, 0.25) is 0 Å². The van der Waals surface area contributed by atoms with Gasteiger partial charge in [-0.25, -0.2) is 9.78 Å². The number of imidazole rings is 1. The highest BCUT2D eigenvalue weighted by atomic mass is 19.4. The summed E-state index contributed by atoms with van der Waals surface area (Å²) in [5.41, 5.74) is 2.50. The van der Waals surface area contributed by atoms with Gasteiger partial charge in [-0.3, -0.25) is 4.68 Å². The van der Waals surface area contributed by atoms with Crippen molar-refractivity contribution in [3.05, 3.63) is 66.2 Å². The van der Waals surface area contributed by atoms with Gasteiger partial charge in [-0.2, -0.15) is 27.9 Å². The van der Waals surface area contributed by atoms with Crippen LogP contribution >= 0.6 is 0 Å². The Morgan fingerprint density at radius 1 is 1.00 bits per heavy atom. The first-order valence-electron chi connectivity index (χ1n) is 11.0. The topological polar surface area (TPSA) is 83.6 Å². The van der Waals surface area contributed by atoms with Gasteiger partial charge < -0.3 is 15.1 Å². The first-order valence-corrected chi connectivity index (χ1v) is 11.0. The Hall–Kier alpha value is -4.09. The SMILES string of the molecule is Cn1cc(-c2cnn3c(N4CCN(C(=O)NCc5ccc(C(F)(F)F)cc5)CC4)cnc3c2)cn1. The third-order valence-corrected chi connectivity index (χ3v) is 6.00. The second kappa shape index (κ2) is 8.93. The molecule has 0 aliphatic carbocycles. The van der Waals surface area contributed by atoms with Crippen LogP contribution in [-0.4, -0.2) is 61.5 Å². The Kier molecular flexibility index (Phi) is 5.79. The molecule has 9 nitrogen and oxygen atoms in total. The molecule has 1 N–H and O–H groups in total. The fourth-order valence-electron chi connectivity index (χ4n) is 4.05. The molecule has 0 spiro atoms. The molecule has 1 aliphatic heterocycles. The number of aromatic nitrogens is 5. The standard InChI is InChI=1S/C23H23F3N8O/c1-31-15-18(13-29-31)17-10-20-27-14-21(34(20)30-12-17)32-6-8-33(9-7-32)22(35)28-11-16-2-4-19(5-3-16)23(24,25)26/h2-5,10,12-15H,6-9,11H2,1H3,(H,28,35). The van der Waals surface area contributed by atoms with E-state index in [1.807, 2.05) is 19.3 Å². The third kappa shape index (κ3) is 4.77. The van der Waals surface area contributed by atoms with Crippen molar-refractivity contribution in [1.29, 1.82) is 0 Å². The maximum atomic E-state index is 12.7. The van der Waals surface area contributed by atoms with Crippen LogP contribution in [0.15, 0.2) is 55.1 Å². The molecule has 35 heavy (non-hydrogen) atoms. The Labute approximate surface area is 198 Å². The van der Waals surface area contributed by atoms with Gasteiger partial charge in [-0.05, 0) is 23.8 Å². The Morgan fingerprint density at radius 3 is 2.37 bits per heavy atom. The van der Waals surface area contributed by atoms with Crippen molar-refractivity contribution >= 4 is 17.5 Å². The minimum absolute atomic E-state index is 0.160. The van der Waals surface area contributed by atoms with Crippen LogP contribution in [-0.2, 0) is 19.8 Å². The second-order valence-electron chi connectivity index (χ2n) is 8.36. The Morgan fingerprint density at radius 2 is 1.71 bits per heavy atom. The summed E-state index contributed by atoms with van der Waals surface area (Å²) in [5.74, 6) is 0.850. The smallest absolute Gasteiger partial charge is 0.352 e. The molecule has 0 saturated carbocycles. The molecule has 4 heterocycles. The van der Waals surface area contributed by atoms with E-state index < -0.39 is 11.7 Å². The molecule has 0 bridgehead atoms. The van der Waals surface area contributed by atoms with Gasteiger partial charge in [0.1, 0.15) is 0 Å². The van der Waals surface area contributed by atoms with Crippen molar-refractivity contribution in [3.8, 4) is 11.1 Å². The first kappa shape index (κ1) is 22.7. The van der Waals surface area contributed by atoms with E-state index in [-0.39, 0.29) is 12.6 Å². The molecule has 12 heteroatoms. The number of carbonyl (C=O) groups is 1. The highest BCUT2D eigenvalue weighted by molar-refractivity contribution is 5.74. The molecule has 4 aromatic rings. The number of anilines is 1. The fourth-order valence-corrected chi connectivity index (χ4v) is 4.05. The predicted octanol–water partition coefficient (Wildman–Crippen LogP) is 3.18. The molecule has 5 rings (SSSR count). The molecule has 1 aliphatic rings. The maximum absolute atomic E-state index is 12.7. The van der Waals surface area contributed by atoms with Crippen LogP contribution in [0.25, 0.3) is 16.8 Å². The minimum atomic E-state index is -4.38. The van der Waals surface area contributed by atoms with Crippen LogP contribution in [0.1, 0.15) is 11.1 Å². The zero-order valence-electron chi connectivity index (χ0n) is 18.9. The van der Waals surface area contributed by atoms with Crippen LogP contribution in [0.4, 0.5) is 23.8 Å². The number of benzene rings is 1. The van der Waals surface area contributed by atoms with Crippen LogP contribution in [0.3, 0.4) is 0 Å². The van der Waals surface area contributed by atoms with E-state index in [2.05, 4.69) is 25.4 Å². The van der Waals surface area contributed by atoms with Crippen LogP contribution in [0, 0.1) is 0 Å². The molecule has 0 unspecified atom stereocenters. The normalized spacial score (nSPS) is 14.5. The lowest BCUT2D eigenvalue weighted by molar-refractivity contribution is -0.137. The quantitative estimate of drug-likeness (QED) is 0.481. The molecule has 1 fully saturated rings. The summed E-state index contributed by atoms with van der Waals surface area (Å²) < 4.78 is 41.6. The van der Waals surface area contributed by atoms with Gasteiger partial charge in [0.25, 0.3) is 0 Å². The van der Waals surface area contributed by atoms with E-state index in [9.17, 15) is 18.0 Å². The average Bonchev–Trinajstić information content (AvgIpc) is 3.48. The molecule has 3 aromatic heterocycles. The monoisotopic (exact) mass is 484 g/mol. The summed E-state index contributed by atoms with van der Waals surface area (Å²) in [4.78, 5) is 20.9. The van der Waals surface area contributed by atoms with Crippen molar-refractivity contribution in [1.82, 2.24) is 34.6 Å². The summed E-state index contributed by atoms with van der Waals surface area (Å²) in [6, 6.07) is 6.49. The lowest BCUT2D eigenvalue weighted by atomic mass is 10.1. The van der Waals surface area contributed by atoms with Crippen molar-refractivity contribution in [2.45, 2.75) is 12.7 Å². The highest BCUT2D eigenvalue weighted by Crippen LogP contribution is 2.29. The van der Waals surface area contributed by atoms with Crippen LogP contribution in [0.2, 0.25) is 0 Å². The number of piperazine rings is 1. The van der Waals surface area contributed by atoms with E-state index in [1.165, 1.54) is 12.1 Å². The summed E-state index contributed by atoms with van der Waals surface area (Å²) in [7, 11) is 1.86. The Balaban J connectivity index is 1.17. The van der Waals surface area contributed by atoms with Crippen molar-refractivity contribution in [2.75, 3.05) is 31.1 Å². The van der Waals surface area contributed by atoms with Crippen molar-refractivity contribution in [3.63, 3.8) is 0 Å². The molecule has 182 valence electrons. The second-order valence-corrected chi connectivity index (χ2v) is 8.36. The lowest BCUT2D eigenvalue weighted by Crippen LogP contribution is -2.52. The average molecular weight is 484 g/mol. The van der Waals surface area contributed by atoms with Gasteiger partial charge >= 0.3 is 12.2 Å². The number of hydrogen-bond donors (Lipinski definition) is 1. The van der Waals surface area contributed by atoms with Gasteiger partial charge in [0.05, 0.1) is 24.2 Å². The van der Waals surface area contributed by atoms with Gasteiger partial charge in [0.15, 0.2) is 11.5 Å². The molecule has 0 radical (unpaired) electrons.